The minimum absolute atomic E-state index is 0.193. The Morgan fingerprint density at radius 1 is 1.48 bits per heavy atom. The van der Waals surface area contributed by atoms with Crippen molar-refractivity contribution in [3.05, 3.63) is 35.9 Å². The number of rotatable bonds is 5. The van der Waals surface area contributed by atoms with Crippen LogP contribution in [0.2, 0.25) is 0 Å². The van der Waals surface area contributed by atoms with E-state index in [9.17, 15) is 14.0 Å². The smallest absolute Gasteiger partial charge is 0.414 e. The van der Waals surface area contributed by atoms with Gasteiger partial charge in [0.15, 0.2) is 0 Å². The molecule has 2 amide bonds. The quantitative estimate of drug-likeness (QED) is 0.819. The summed E-state index contributed by atoms with van der Waals surface area (Å²) in [6.45, 7) is 3.14. The number of nitrogens with zero attached hydrogens (tertiary/aromatic N) is 2. The molecule has 2 aliphatic heterocycles. The second-order valence-electron chi connectivity index (χ2n) is 6.06. The summed E-state index contributed by atoms with van der Waals surface area (Å²) in [5, 5.41) is 2.61. The lowest BCUT2D eigenvalue weighted by molar-refractivity contribution is -0.119. The zero-order chi connectivity index (χ0) is 18.0. The molecule has 0 bridgehead atoms. The predicted octanol–water partition coefficient (Wildman–Crippen LogP) is 1.64. The van der Waals surface area contributed by atoms with Gasteiger partial charge in [-0.25, -0.2) is 9.18 Å². The van der Waals surface area contributed by atoms with Crippen LogP contribution < -0.4 is 15.1 Å². The summed E-state index contributed by atoms with van der Waals surface area (Å²) in [6.07, 6.45) is 0.672. The maximum Gasteiger partial charge on any atom is 0.414 e. The summed E-state index contributed by atoms with van der Waals surface area (Å²) in [4.78, 5) is 26.2. The first-order valence-corrected chi connectivity index (χ1v) is 7.95. The average molecular weight is 349 g/mol. The number of carbonyl (C=O) groups excluding carboxylic acids is 2. The number of amides is 2. The molecular weight excluding hydrogens is 329 g/mol. The highest BCUT2D eigenvalue weighted by molar-refractivity contribution is 5.90. The number of halogens is 1. The molecule has 1 N–H and O–H groups in total. The van der Waals surface area contributed by atoms with Crippen LogP contribution in [0.15, 0.2) is 30.0 Å². The van der Waals surface area contributed by atoms with Gasteiger partial charge in [0.05, 0.1) is 37.8 Å². The molecule has 0 spiro atoms. The molecule has 25 heavy (non-hydrogen) atoms. The van der Waals surface area contributed by atoms with Gasteiger partial charge in [0.1, 0.15) is 11.9 Å². The molecule has 1 unspecified atom stereocenters. The molecule has 1 atom stereocenters. The largest absolute Gasteiger partial charge is 0.504 e. The van der Waals surface area contributed by atoms with Crippen LogP contribution in [0.4, 0.5) is 20.6 Å². The van der Waals surface area contributed by atoms with E-state index in [-0.39, 0.29) is 19.0 Å². The summed E-state index contributed by atoms with van der Waals surface area (Å²) in [7, 11) is 1.58. The van der Waals surface area contributed by atoms with E-state index in [1.54, 1.807) is 25.5 Å². The number of carbonyl (C=O) groups is 2. The van der Waals surface area contributed by atoms with E-state index in [0.717, 1.165) is 5.57 Å². The van der Waals surface area contributed by atoms with Crippen LogP contribution >= 0.6 is 0 Å². The fourth-order valence-electron chi connectivity index (χ4n) is 2.87. The first-order chi connectivity index (χ1) is 12.0. The topological polar surface area (TPSA) is 71.1 Å². The molecule has 2 aliphatic rings. The van der Waals surface area contributed by atoms with Gasteiger partial charge in [0.25, 0.3) is 0 Å². The van der Waals surface area contributed by atoms with Gasteiger partial charge in [-0.2, -0.15) is 0 Å². The first kappa shape index (κ1) is 17.1. The van der Waals surface area contributed by atoms with Gasteiger partial charge in [-0.15, -0.1) is 0 Å². The van der Waals surface area contributed by atoms with Crippen molar-refractivity contribution in [1.82, 2.24) is 5.32 Å². The number of hydrogen-bond acceptors (Lipinski definition) is 5. The van der Waals surface area contributed by atoms with Crippen molar-refractivity contribution < 1.29 is 23.5 Å². The first-order valence-electron chi connectivity index (χ1n) is 7.95. The molecule has 8 heteroatoms. The predicted molar refractivity (Wildman–Crippen MR) is 90.0 cm³/mol. The van der Waals surface area contributed by atoms with Gasteiger partial charge < -0.3 is 19.7 Å². The Kier molecular flexibility index (Phi) is 4.78. The van der Waals surface area contributed by atoms with Crippen molar-refractivity contribution in [1.29, 1.82) is 0 Å². The van der Waals surface area contributed by atoms with Crippen LogP contribution in [0, 0.1) is 5.82 Å². The van der Waals surface area contributed by atoms with Crippen molar-refractivity contribution in [2.45, 2.75) is 13.0 Å². The number of ether oxygens (including phenoxy) is 2. The van der Waals surface area contributed by atoms with Crippen LogP contribution in [-0.4, -0.2) is 51.4 Å². The summed E-state index contributed by atoms with van der Waals surface area (Å²) in [5.74, 6) is -0.589. The minimum atomic E-state index is -0.545. The highest BCUT2D eigenvalue weighted by Crippen LogP contribution is 2.31. The monoisotopic (exact) mass is 349 g/mol. The second kappa shape index (κ2) is 7.00. The molecule has 1 aromatic carbocycles. The highest BCUT2D eigenvalue weighted by atomic mass is 19.1. The van der Waals surface area contributed by atoms with Gasteiger partial charge in [-0.3, -0.25) is 9.69 Å². The molecular formula is C17H20FN3O4. The zero-order valence-corrected chi connectivity index (χ0v) is 14.1. The summed E-state index contributed by atoms with van der Waals surface area (Å²) in [6, 6.07) is 4.68. The normalized spacial score (nSPS) is 19.4. The lowest BCUT2D eigenvalue weighted by Gasteiger charge is -2.36. The molecule has 0 aliphatic carbocycles. The molecule has 2 saturated heterocycles. The molecule has 3 rings (SSSR count). The van der Waals surface area contributed by atoms with E-state index in [4.69, 9.17) is 9.47 Å². The second-order valence-corrected chi connectivity index (χ2v) is 6.06. The van der Waals surface area contributed by atoms with Gasteiger partial charge >= 0.3 is 6.09 Å². The Hall–Kier alpha value is -2.77. The maximum absolute atomic E-state index is 14.4. The highest BCUT2D eigenvalue weighted by Gasteiger charge is 2.33. The van der Waals surface area contributed by atoms with Gasteiger partial charge in [-0.05, 0) is 18.2 Å². The van der Waals surface area contributed by atoms with Crippen molar-refractivity contribution in [2.24, 2.45) is 0 Å². The molecule has 2 heterocycles. The number of benzene rings is 1. The van der Waals surface area contributed by atoms with Crippen LogP contribution in [0.25, 0.3) is 0 Å². The number of nitrogens with one attached hydrogen (secondary N) is 1. The third-order valence-electron chi connectivity index (χ3n) is 4.11. The maximum atomic E-state index is 14.4. The van der Waals surface area contributed by atoms with Crippen LogP contribution in [0.1, 0.15) is 6.92 Å². The van der Waals surface area contributed by atoms with Gasteiger partial charge in [0, 0.05) is 25.6 Å². The van der Waals surface area contributed by atoms with E-state index >= 15 is 0 Å². The van der Waals surface area contributed by atoms with E-state index in [1.165, 1.54) is 17.9 Å². The Labute approximate surface area is 145 Å². The van der Waals surface area contributed by atoms with E-state index in [1.807, 2.05) is 4.90 Å². The number of hydrogen-bond donors (Lipinski definition) is 1. The summed E-state index contributed by atoms with van der Waals surface area (Å²) < 4.78 is 24.6. The fraction of sp³-hybridized carbons (Fsp3) is 0.412. The molecule has 2 fully saturated rings. The number of anilines is 2. The third-order valence-corrected chi connectivity index (χ3v) is 4.11. The number of cyclic esters (lactones) is 1. The third kappa shape index (κ3) is 3.67. The molecule has 0 saturated carbocycles. The Morgan fingerprint density at radius 2 is 2.24 bits per heavy atom. The van der Waals surface area contributed by atoms with Crippen LogP contribution in [0.5, 0.6) is 0 Å². The van der Waals surface area contributed by atoms with Gasteiger partial charge in [-0.1, -0.05) is 0 Å². The lowest BCUT2D eigenvalue weighted by Crippen LogP contribution is -2.40. The SMILES string of the molecule is COC=C1CN(c2ccc(N3CC(CNC(C)=O)OC3=O)cc2F)C1. The van der Waals surface area contributed by atoms with Crippen molar-refractivity contribution in [3.63, 3.8) is 0 Å². The van der Waals surface area contributed by atoms with Crippen LogP contribution in [0.3, 0.4) is 0 Å². The van der Waals surface area contributed by atoms with Gasteiger partial charge in [0.2, 0.25) is 5.91 Å². The molecule has 0 aromatic heterocycles. The average Bonchev–Trinajstić information content (AvgIpc) is 2.90. The molecule has 7 nitrogen and oxygen atoms in total. The molecule has 0 radical (unpaired) electrons. The summed E-state index contributed by atoms with van der Waals surface area (Å²) in [5.41, 5.74) is 2.01. The van der Waals surface area contributed by atoms with E-state index in [0.29, 0.717) is 24.5 Å². The van der Waals surface area contributed by atoms with Crippen molar-refractivity contribution >= 4 is 23.4 Å². The zero-order valence-electron chi connectivity index (χ0n) is 14.1. The molecule has 1 aromatic rings. The van der Waals surface area contributed by atoms with Crippen molar-refractivity contribution in [3.8, 4) is 0 Å². The standard InChI is InChI=1S/C17H20FN3O4/c1-11(22)19-6-14-9-21(17(23)25-14)13-3-4-16(15(18)5-13)20-7-12(8-20)10-24-2/h3-5,10,14H,6-9H2,1-2H3,(H,19,22). The Balaban J connectivity index is 1.66. The molecule has 134 valence electrons. The Morgan fingerprint density at radius 3 is 2.88 bits per heavy atom. The fourth-order valence-corrected chi connectivity index (χ4v) is 2.87. The summed E-state index contributed by atoms with van der Waals surface area (Å²) >= 11 is 0. The van der Waals surface area contributed by atoms with Crippen molar-refractivity contribution in [2.75, 3.05) is 43.1 Å². The van der Waals surface area contributed by atoms with E-state index in [2.05, 4.69) is 5.32 Å². The lowest BCUT2D eigenvalue weighted by atomic mass is 10.1. The van der Waals surface area contributed by atoms with E-state index < -0.39 is 18.0 Å². The van der Waals surface area contributed by atoms with Crippen LogP contribution in [-0.2, 0) is 14.3 Å². The Bertz CT molecular complexity index is 714. The minimum Gasteiger partial charge on any atom is -0.504 e. The number of methoxy groups -OCH3 is 1.